The number of amides is 1. The van der Waals surface area contributed by atoms with Gasteiger partial charge < -0.3 is 4.90 Å². The third-order valence-electron chi connectivity index (χ3n) is 3.51. The molecule has 0 spiro atoms. The second-order valence-corrected chi connectivity index (χ2v) is 4.82. The molecule has 1 aliphatic carbocycles. The third-order valence-corrected chi connectivity index (χ3v) is 3.51. The Hall–Kier alpha value is -1.83. The minimum atomic E-state index is 0.150. The molecule has 0 aromatic heterocycles. The standard InChI is InChI=1S/C16H19NO/c1-5-12-11(2)15(10-16(18)17(3)4)14-9-7-6-8-13(12)14/h5-9H,10H2,1-4H3/b12-5-. The maximum absolute atomic E-state index is 11.9. The molecule has 0 fully saturated rings. The molecule has 1 aromatic carbocycles. The fourth-order valence-corrected chi connectivity index (χ4v) is 2.46. The van der Waals surface area contributed by atoms with Crippen LogP contribution in [0.4, 0.5) is 0 Å². The van der Waals surface area contributed by atoms with E-state index in [0.717, 1.165) is 5.57 Å². The van der Waals surface area contributed by atoms with Gasteiger partial charge >= 0.3 is 0 Å². The van der Waals surface area contributed by atoms with E-state index in [0.29, 0.717) is 6.42 Å². The van der Waals surface area contributed by atoms with Gasteiger partial charge in [-0.2, -0.15) is 0 Å². The number of hydrogen-bond donors (Lipinski definition) is 0. The van der Waals surface area contributed by atoms with Gasteiger partial charge in [0.25, 0.3) is 0 Å². The highest BCUT2D eigenvalue weighted by Gasteiger charge is 2.24. The highest BCUT2D eigenvalue weighted by atomic mass is 16.2. The summed E-state index contributed by atoms with van der Waals surface area (Å²) in [6.45, 7) is 4.15. The largest absolute Gasteiger partial charge is 0.349 e. The van der Waals surface area contributed by atoms with E-state index in [-0.39, 0.29) is 5.91 Å². The molecular formula is C16H19NO. The number of nitrogens with zero attached hydrogens (tertiary/aromatic N) is 1. The number of fused-ring (bicyclic) bond motifs is 1. The van der Waals surface area contributed by atoms with Crippen LogP contribution in [0.5, 0.6) is 0 Å². The van der Waals surface area contributed by atoms with Gasteiger partial charge in [-0.1, -0.05) is 30.3 Å². The Morgan fingerprint density at radius 1 is 1.22 bits per heavy atom. The van der Waals surface area contributed by atoms with Gasteiger partial charge in [-0.3, -0.25) is 4.79 Å². The average molecular weight is 241 g/mol. The van der Waals surface area contributed by atoms with Crippen molar-refractivity contribution >= 4 is 17.1 Å². The molecule has 0 radical (unpaired) electrons. The van der Waals surface area contributed by atoms with Gasteiger partial charge in [0.2, 0.25) is 5.91 Å². The Bertz CT molecular complexity index is 550. The molecule has 0 N–H and O–H groups in total. The van der Waals surface area contributed by atoms with Crippen molar-refractivity contribution in [3.63, 3.8) is 0 Å². The summed E-state index contributed by atoms with van der Waals surface area (Å²) in [5.74, 6) is 0.150. The molecule has 0 bridgehead atoms. The van der Waals surface area contributed by atoms with Crippen LogP contribution < -0.4 is 0 Å². The zero-order valence-corrected chi connectivity index (χ0v) is 11.4. The van der Waals surface area contributed by atoms with Crippen molar-refractivity contribution < 1.29 is 4.79 Å². The average Bonchev–Trinajstić information content (AvgIpc) is 2.62. The minimum Gasteiger partial charge on any atom is -0.349 e. The van der Waals surface area contributed by atoms with E-state index >= 15 is 0 Å². The van der Waals surface area contributed by atoms with Crippen molar-refractivity contribution in [2.45, 2.75) is 20.3 Å². The first-order chi connectivity index (χ1) is 8.56. The van der Waals surface area contributed by atoms with Gasteiger partial charge in [0, 0.05) is 14.1 Å². The predicted octanol–water partition coefficient (Wildman–Crippen LogP) is 3.36. The van der Waals surface area contributed by atoms with Gasteiger partial charge in [-0.25, -0.2) is 0 Å². The zero-order chi connectivity index (χ0) is 13.3. The first-order valence-corrected chi connectivity index (χ1v) is 6.22. The number of carbonyl (C=O) groups is 1. The van der Waals surface area contributed by atoms with E-state index in [1.165, 1.54) is 22.3 Å². The molecule has 0 atom stereocenters. The number of rotatable bonds is 2. The van der Waals surface area contributed by atoms with Crippen LogP contribution in [-0.2, 0) is 4.79 Å². The molecule has 0 unspecified atom stereocenters. The normalized spacial score (nSPS) is 16.1. The van der Waals surface area contributed by atoms with Crippen molar-refractivity contribution in [3.8, 4) is 0 Å². The molecule has 0 saturated carbocycles. The number of hydrogen-bond acceptors (Lipinski definition) is 1. The summed E-state index contributed by atoms with van der Waals surface area (Å²) in [5.41, 5.74) is 6.11. The molecular weight excluding hydrogens is 222 g/mol. The molecule has 0 heterocycles. The molecule has 2 nitrogen and oxygen atoms in total. The van der Waals surface area contributed by atoms with E-state index in [1.807, 2.05) is 19.1 Å². The highest BCUT2D eigenvalue weighted by Crippen LogP contribution is 2.42. The SMILES string of the molecule is C/C=C1/C(C)=C(CC(=O)N(C)C)c2ccccc21. The molecule has 2 heteroatoms. The van der Waals surface area contributed by atoms with Crippen LogP contribution >= 0.6 is 0 Å². The Balaban J connectivity index is 2.46. The fourth-order valence-electron chi connectivity index (χ4n) is 2.46. The fraction of sp³-hybridized carbons (Fsp3) is 0.312. The van der Waals surface area contributed by atoms with Crippen LogP contribution in [0.15, 0.2) is 35.9 Å². The number of benzene rings is 1. The van der Waals surface area contributed by atoms with E-state index < -0.39 is 0 Å². The Kier molecular flexibility index (Phi) is 3.37. The van der Waals surface area contributed by atoms with Crippen LogP contribution in [0.3, 0.4) is 0 Å². The van der Waals surface area contributed by atoms with Gasteiger partial charge in [0.1, 0.15) is 0 Å². The van der Waals surface area contributed by atoms with E-state index in [1.54, 1.807) is 19.0 Å². The molecule has 0 aliphatic heterocycles. The first-order valence-electron chi connectivity index (χ1n) is 6.22. The molecule has 94 valence electrons. The molecule has 1 aliphatic rings. The summed E-state index contributed by atoms with van der Waals surface area (Å²) in [6.07, 6.45) is 2.61. The third kappa shape index (κ3) is 1.99. The quantitative estimate of drug-likeness (QED) is 0.777. The van der Waals surface area contributed by atoms with Crippen molar-refractivity contribution in [2.75, 3.05) is 14.1 Å². The second kappa shape index (κ2) is 4.81. The van der Waals surface area contributed by atoms with Crippen LogP contribution in [0.1, 0.15) is 31.4 Å². The lowest BCUT2D eigenvalue weighted by Gasteiger charge is -2.12. The monoisotopic (exact) mass is 241 g/mol. The lowest BCUT2D eigenvalue weighted by Crippen LogP contribution is -2.21. The summed E-state index contributed by atoms with van der Waals surface area (Å²) in [4.78, 5) is 13.6. The summed E-state index contributed by atoms with van der Waals surface area (Å²) in [7, 11) is 3.60. The topological polar surface area (TPSA) is 20.3 Å². The van der Waals surface area contributed by atoms with Crippen molar-refractivity contribution in [3.05, 3.63) is 47.0 Å². The van der Waals surface area contributed by atoms with Crippen molar-refractivity contribution in [1.82, 2.24) is 4.90 Å². The summed E-state index contributed by atoms with van der Waals surface area (Å²) in [6, 6.07) is 8.31. The second-order valence-electron chi connectivity index (χ2n) is 4.82. The van der Waals surface area contributed by atoms with Crippen LogP contribution in [0.2, 0.25) is 0 Å². The number of carbonyl (C=O) groups excluding carboxylic acids is 1. The smallest absolute Gasteiger partial charge is 0.226 e. The lowest BCUT2D eigenvalue weighted by atomic mass is 10.0. The van der Waals surface area contributed by atoms with E-state index in [4.69, 9.17) is 0 Å². The highest BCUT2D eigenvalue weighted by molar-refractivity contribution is 6.04. The summed E-state index contributed by atoms with van der Waals surface area (Å²) in [5, 5.41) is 0. The molecule has 0 saturated heterocycles. The van der Waals surface area contributed by atoms with Crippen LogP contribution in [0, 0.1) is 0 Å². The zero-order valence-electron chi connectivity index (χ0n) is 11.4. The maximum atomic E-state index is 11.9. The van der Waals surface area contributed by atoms with E-state index in [2.05, 4.69) is 25.1 Å². The molecule has 1 amide bonds. The predicted molar refractivity (Wildman–Crippen MR) is 76.0 cm³/mol. The van der Waals surface area contributed by atoms with Gasteiger partial charge in [0.05, 0.1) is 6.42 Å². The van der Waals surface area contributed by atoms with Crippen molar-refractivity contribution in [1.29, 1.82) is 0 Å². The summed E-state index contributed by atoms with van der Waals surface area (Å²) >= 11 is 0. The lowest BCUT2D eigenvalue weighted by molar-refractivity contribution is -0.127. The Morgan fingerprint density at radius 3 is 2.39 bits per heavy atom. The Morgan fingerprint density at radius 2 is 1.83 bits per heavy atom. The van der Waals surface area contributed by atoms with Crippen LogP contribution in [0.25, 0.3) is 11.1 Å². The first kappa shape index (κ1) is 12.6. The van der Waals surface area contributed by atoms with Crippen molar-refractivity contribution in [2.24, 2.45) is 0 Å². The van der Waals surface area contributed by atoms with Gasteiger partial charge in [0.15, 0.2) is 0 Å². The maximum Gasteiger partial charge on any atom is 0.226 e. The van der Waals surface area contributed by atoms with Crippen LogP contribution in [-0.4, -0.2) is 24.9 Å². The minimum absolute atomic E-state index is 0.150. The Labute approximate surface area is 109 Å². The van der Waals surface area contributed by atoms with Gasteiger partial charge in [-0.05, 0) is 41.7 Å². The number of allylic oxidation sites excluding steroid dienone is 3. The molecule has 1 aromatic rings. The summed E-state index contributed by atoms with van der Waals surface area (Å²) < 4.78 is 0. The molecule has 2 rings (SSSR count). The van der Waals surface area contributed by atoms with Gasteiger partial charge in [-0.15, -0.1) is 0 Å². The molecule has 18 heavy (non-hydrogen) atoms. The van der Waals surface area contributed by atoms with E-state index in [9.17, 15) is 4.79 Å².